The SMILES string of the molecule is CCOC(=O)c1sc2cnccc2c1Nc1ccc2c(c1)CCC2=C=IO. The van der Waals surface area contributed by atoms with Crippen LogP contribution in [0.1, 0.15) is 34.1 Å². The number of hydrogen-bond acceptors (Lipinski definition) is 6. The Balaban J connectivity index is 1.75. The van der Waals surface area contributed by atoms with Crippen LogP contribution in [0.5, 0.6) is 0 Å². The molecule has 0 unspecified atom stereocenters. The van der Waals surface area contributed by atoms with Crippen LogP contribution in [0.2, 0.25) is 0 Å². The Kier molecular flexibility index (Phi) is 5.36. The summed E-state index contributed by atoms with van der Waals surface area (Å²) in [5.41, 5.74) is 5.21. The summed E-state index contributed by atoms with van der Waals surface area (Å²) >= 11 is 0.418. The van der Waals surface area contributed by atoms with Gasteiger partial charge in [-0.2, -0.15) is 0 Å². The zero-order valence-electron chi connectivity index (χ0n) is 14.6. The van der Waals surface area contributed by atoms with Gasteiger partial charge in [0, 0.05) is 29.0 Å². The predicted molar refractivity (Wildman–Crippen MR) is 118 cm³/mol. The maximum Gasteiger partial charge on any atom is 0.350 e. The third-order valence-electron chi connectivity index (χ3n) is 4.45. The Labute approximate surface area is 171 Å². The molecule has 2 N–H and O–H groups in total. The van der Waals surface area contributed by atoms with Crippen molar-refractivity contribution >= 4 is 69.2 Å². The molecule has 27 heavy (non-hydrogen) atoms. The van der Waals surface area contributed by atoms with Crippen LogP contribution in [0, 0.1) is 0 Å². The third kappa shape index (κ3) is 3.55. The van der Waals surface area contributed by atoms with Gasteiger partial charge in [-0.15, -0.1) is 11.3 Å². The first-order valence-electron chi connectivity index (χ1n) is 8.54. The largest absolute Gasteiger partial charge is 0.462 e. The van der Waals surface area contributed by atoms with Gasteiger partial charge in [0.05, 0.1) is 38.1 Å². The maximum atomic E-state index is 12.4. The summed E-state index contributed by atoms with van der Waals surface area (Å²) < 4.78 is 18.5. The zero-order chi connectivity index (χ0) is 18.8. The van der Waals surface area contributed by atoms with E-state index in [1.807, 2.05) is 12.1 Å². The first-order valence-corrected chi connectivity index (χ1v) is 11.4. The van der Waals surface area contributed by atoms with Crippen LogP contribution >= 0.6 is 32.5 Å². The summed E-state index contributed by atoms with van der Waals surface area (Å²) in [5, 5.41) is 4.38. The second-order valence-electron chi connectivity index (χ2n) is 6.05. The molecule has 0 atom stereocenters. The van der Waals surface area contributed by atoms with Crippen LogP contribution in [0.3, 0.4) is 0 Å². The highest BCUT2D eigenvalue weighted by molar-refractivity contribution is 14.2. The number of fused-ring (bicyclic) bond motifs is 2. The lowest BCUT2D eigenvalue weighted by Crippen LogP contribution is -2.05. The van der Waals surface area contributed by atoms with Gasteiger partial charge in [0.15, 0.2) is 0 Å². The minimum Gasteiger partial charge on any atom is -0.462 e. The van der Waals surface area contributed by atoms with E-state index in [2.05, 4.69) is 26.1 Å². The van der Waals surface area contributed by atoms with E-state index in [1.54, 1.807) is 19.3 Å². The van der Waals surface area contributed by atoms with Gasteiger partial charge in [0.25, 0.3) is 0 Å². The third-order valence-corrected chi connectivity index (χ3v) is 6.47. The fourth-order valence-electron chi connectivity index (χ4n) is 3.28. The van der Waals surface area contributed by atoms with Crippen LogP contribution in [0.15, 0.2) is 36.7 Å². The average molecular weight is 492 g/mol. The van der Waals surface area contributed by atoms with Gasteiger partial charge in [0.1, 0.15) is 4.88 Å². The van der Waals surface area contributed by atoms with Crippen molar-refractivity contribution in [3.8, 4) is 0 Å². The Morgan fingerprint density at radius 3 is 3.11 bits per heavy atom. The van der Waals surface area contributed by atoms with E-state index in [4.69, 9.17) is 4.74 Å². The number of ether oxygens (including phenoxy) is 1. The summed E-state index contributed by atoms with van der Waals surface area (Å²) in [6.07, 6.45) is 5.35. The standard InChI is InChI=1S/C20H17IN2O3S/c1-2-26-20(24)19-18(16-7-8-22-11-17(16)27-19)23-14-5-6-15-12(9-14)3-4-13(15)10-21-25/h5-9,11,23,25H,2-4H2,1H3. The van der Waals surface area contributed by atoms with Gasteiger partial charge in [-0.1, -0.05) is 9.73 Å². The molecule has 0 aliphatic heterocycles. The monoisotopic (exact) mass is 492 g/mol. The lowest BCUT2D eigenvalue weighted by Gasteiger charge is -2.10. The highest BCUT2D eigenvalue weighted by Gasteiger charge is 2.21. The van der Waals surface area contributed by atoms with E-state index in [9.17, 15) is 8.23 Å². The molecule has 7 heteroatoms. The molecule has 4 rings (SSSR count). The van der Waals surface area contributed by atoms with Gasteiger partial charge < -0.3 is 13.5 Å². The van der Waals surface area contributed by atoms with Crippen molar-refractivity contribution in [2.45, 2.75) is 19.8 Å². The number of nitrogens with zero attached hydrogens (tertiary/aromatic N) is 1. The number of aryl methyl sites for hydroxylation is 1. The zero-order valence-corrected chi connectivity index (χ0v) is 17.6. The van der Waals surface area contributed by atoms with Crippen LogP contribution < -0.4 is 5.32 Å². The molecular weight excluding hydrogens is 475 g/mol. The second-order valence-corrected chi connectivity index (χ2v) is 8.13. The van der Waals surface area contributed by atoms with Crippen LogP contribution in [-0.4, -0.2) is 24.7 Å². The molecule has 0 spiro atoms. The van der Waals surface area contributed by atoms with E-state index in [0.29, 0.717) is 11.5 Å². The number of anilines is 2. The molecule has 0 bridgehead atoms. The van der Waals surface area contributed by atoms with Crippen molar-refractivity contribution < 1.29 is 13.0 Å². The predicted octanol–water partition coefficient (Wildman–Crippen LogP) is 4.83. The number of rotatable bonds is 4. The summed E-state index contributed by atoms with van der Waals surface area (Å²) in [6.45, 7) is 2.14. The number of halogens is 1. The molecule has 1 aromatic carbocycles. The summed E-state index contributed by atoms with van der Waals surface area (Å²) in [7, 11) is 0. The lowest BCUT2D eigenvalue weighted by atomic mass is 10.1. The molecule has 3 aromatic rings. The van der Waals surface area contributed by atoms with E-state index in [-0.39, 0.29) is 5.97 Å². The topological polar surface area (TPSA) is 71.5 Å². The Morgan fingerprint density at radius 2 is 2.30 bits per heavy atom. The van der Waals surface area contributed by atoms with Gasteiger partial charge in [-0.05, 0) is 49.1 Å². The van der Waals surface area contributed by atoms with Crippen molar-refractivity contribution in [2.24, 2.45) is 0 Å². The van der Waals surface area contributed by atoms with Crippen molar-refractivity contribution in [2.75, 3.05) is 11.9 Å². The maximum absolute atomic E-state index is 12.4. The molecule has 0 amide bonds. The smallest absolute Gasteiger partial charge is 0.350 e. The summed E-state index contributed by atoms with van der Waals surface area (Å²) in [5.74, 6) is -0.325. The molecule has 138 valence electrons. The minimum absolute atomic E-state index is 0.325. The molecule has 0 saturated carbocycles. The first kappa shape index (κ1) is 18.3. The highest BCUT2D eigenvalue weighted by Crippen LogP contribution is 2.39. The molecule has 1 aliphatic rings. The number of benzene rings is 1. The fraction of sp³-hybridized carbons (Fsp3) is 0.200. The van der Waals surface area contributed by atoms with E-state index < -0.39 is 21.1 Å². The lowest BCUT2D eigenvalue weighted by molar-refractivity contribution is 0.0533. The number of thiophene rings is 1. The van der Waals surface area contributed by atoms with Crippen molar-refractivity contribution in [1.29, 1.82) is 0 Å². The molecule has 0 fully saturated rings. The number of nitrogens with one attached hydrogen (secondary N) is 1. The number of carbonyl (C=O) groups is 1. The van der Waals surface area contributed by atoms with E-state index >= 15 is 0 Å². The first-order chi connectivity index (χ1) is 13.2. The minimum atomic E-state index is -0.968. The van der Waals surface area contributed by atoms with E-state index in [1.165, 1.54) is 22.5 Å². The van der Waals surface area contributed by atoms with Gasteiger partial charge in [0.2, 0.25) is 0 Å². The Bertz CT molecular complexity index is 1100. The molecule has 1 aliphatic carbocycles. The molecule has 0 radical (unpaired) electrons. The number of carbonyl (C=O) groups excluding carboxylic acids is 1. The molecule has 2 aromatic heterocycles. The average Bonchev–Trinajstić information content (AvgIpc) is 3.24. The highest BCUT2D eigenvalue weighted by atomic mass is 127. The number of pyridine rings is 1. The van der Waals surface area contributed by atoms with Crippen LogP contribution in [0.4, 0.5) is 11.4 Å². The van der Waals surface area contributed by atoms with E-state index in [0.717, 1.165) is 39.9 Å². The van der Waals surface area contributed by atoms with Crippen LogP contribution in [-0.2, 0) is 11.2 Å². The number of allylic oxidation sites excluding steroid dienone is 1. The van der Waals surface area contributed by atoms with Gasteiger partial charge >= 0.3 is 5.97 Å². The second kappa shape index (κ2) is 7.90. The normalized spacial score (nSPS) is 12.7. The molecule has 0 saturated heterocycles. The summed E-state index contributed by atoms with van der Waals surface area (Å²) in [6, 6.07) is 8.08. The van der Waals surface area contributed by atoms with Gasteiger partial charge in [-0.3, -0.25) is 4.98 Å². The number of hydrogen-bond donors (Lipinski definition) is 2. The Morgan fingerprint density at radius 1 is 1.41 bits per heavy atom. The van der Waals surface area contributed by atoms with Crippen molar-refractivity contribution in [3.63, 3.8) is 0 Å². The Hall–Kier alpha value is -2.06. The van der Waals surface area contributed by atoms with Gasteiger partial charge in [-0.25, -0.2) is 4.79 Å². The fourth-order valence-corrected chi connectivity index (χ4v) is 5.15. The van der Waals surface area contributed by atoms with Crippen molar-refractivity contribution in [3.05, 3.63) is 52.7 Å². The summed E-state index contributed by atoms with van der Waals surface area (Å²) in [4.78, 5) is 17.1. The number of aromatic nitrogens is 1. The molecular formula is C20H17IN2O3S. The molecule has 2 heterocycles. The van der Waals surface area contributed by atoms with Crippen molar-refractivity contribution in [1.82, 2.24) is 4.98 Å². The quantitative estimate of drug-likeness (QED) is 0.404. The number of esters is 1. The molecule has 5 nitrogen and oxygen atoms in total. The van der Waals surface area contributed by atoms with Crippen LogP contribution in [0.25, 0.3) is 15.7 Å².